The van der Waals surface area contributed by atoms with Gasteiger partial charge in [-0.1, -0.05) is 11.6 Å². The molecule has 3 nitrogen and oxygen atoms in total. The summed E-state index contributed by atoms with van der Waals surface area (Å²) in [6.07, 6.45) is 0.0623. The molecule has 0 aliphatic carbocycles. The van der Waals surface area contributed by atoms with Crippen LogP contribution < -0.4 is 5.73 Å². The van der Waals surface area contributed by atoms with E-state index in [1.54, 1.807) is 0 Å². The maximum atomic E-state index is 12.8. The van der Waals surface area contributed by atoms with E-state index in [4.69, 9.17) is 22.4 Å². The van der Waals surface area contributed by atoms with Crippen LogP contribution in [0.1, 0.15) is 5.56 Å². The Labute approximate surface area is 85.3 Å². The molecule has 0 unspecified atom stereocenters. The van der Waals surface area contributed by atoms with Gasteiger partial charge in [0.2, 0.25) is 0 Å². The van der Waals surface area contributed by atoms with E-state index >= 15 is 0 Å². The average Bonchev–Trinajstić information content (AvgIpc) is 2.01. The molecule has 0 saturated carbocycles. The van der Waals surface area contributed by atoms with Gasteiger partial charge in [-0.3, -0.25) is 4.79 Å². The maximum absolute atomic E-state index is 12.8. The van der Waals surface area contributed by atoms with Crippen LogP contribution in [0.4, 0.5) is 4.39 Å². The minimum Gasteiger partial charge on any atom is -0.480 e. The van der Waals surface area contributed by atoms with Crippen molar-refractivity contribution < 1.29 is 14.3 Å². The third-order valence-corrected chi connectivity index (χ3v) is 1.91. The lowest BCUT2D eigenvalue weighted by molar-refractivity contribution is -0.138. The maximum Gasteiger partial charge on any atom is 0.320 e. The fraction of sp³-hybridized carbons (Fsp3) is 0.222. The number of carboxylic acid groups (broad SMARTS) is 1. The molecule has 0 radical (unpaired) electrons. The number of hydrogen-bond donors (Lipinski definition) is 2. The van der Waals surface area contributed by atoms with Gasteiger partial charge in [0.1, 0.15) is 11.9 Å². The van der Waals surface area contributed by atoms with Gasteiger partial charge in [-0.05, 0) is 30.2 Å². The molecule has 5 heteroatoms. The summed E-state index contributed by atoms with van der Waals surface area (Å²) in [5.41, 5.74) is 5.76. The van der Waals surface area contributed by atoms with Gasteiger partial charge >= 0.3 is 5.97 Å². The first-order chi connectivity index (χ1) is 6.49. The average molecular weight is 218 g/mol. The Balaban J connectivity index is 2.81. The molecule has 14 heavy (non-hydrogen) atoms. The minimum absolute atomic E-state index is 0.0623. The highest BCUT2D eigenvalue weighted by atomic mass is 35.5. The van der Waals surface area contributed by atoms with E-state index < -0.39 is 17.8 Å². The molecule has 0 amide bonds. The standard InChI is InChI=1S/C9H9ClFNO2/c10-6-1-5(2-7(11)4-6)3-8(12)9(13)14/h1-2,4,8H,3,12H2,(H,13,14)/t8-/m1/s1. The Morgan fingerprint density at radius 1 is 1.57 bits per heavy atom. The number of nitrogens with two attached hydrogens (primary N) is 1. The zero-order valence-electron chi connectivity index (χ0n) is 7.21. The van der Waals surface area contributed by atoms with Crippen LogP contribution >= 0.6 is 11.6 Å². The molecule has 1 aromatic carbocycles. The summed E-state index contributed by atoms with van der Waals surface area (Å²) in [7, 11) is 0. The molecule has 1 atom stereocenters. The molecule has 1 rings (SSSR count). The van der Waals surface area contributed by atoms with E-state index in [2.05, 4.69) is 0 Å². The SMILES string of the molecule is N[C@H](Cc1cc(F)cc(Cl)c1)C(=O)O. The van der Waals surface area contributed by atoms with Gasteiger partial charge < -0.3 is 10.8 Å². The van der Waals surface area contributed by atoms with Crippen LogP contribution in [0.15, 0.2) is 18.2 Å². The van der Waals surface area contributed by atoms with E-state index in [1.807, 2.05) is 0 Å². The van der Waals surface area contributed by atoms with E-state index in [-0.39, 0.29) is 11.4 Å². The number of hydrogen-bond acceptors (Lipinski definition) is 2. The fourth-order valence-electron chi connectivity index (χ4n) is 1.07. The Morgan fingerprint density at radius 3 is 2.71 bits per heavy atom. The van der Waals surface area contributed by atoms with Gasteiger partial charge in [-0.2, -0.15) is 0 Å². The van der Waals surface area contributed by atoms with E-state index in [0.717, 1.165) is 6.07 Å². The van der Waals surface area contributed by atoms with Crippen molar-refractivity contribution in [2.75, 3.05) is 0 Å². The van der Waals surface area contributed by atoms with Gasteiger partial charge in [0.05, 0.1) is 0 Å². The van der Waals surface area contributed by atoms with E-state index in [9.17, 15) is 9.18 Å². The molecule has 76 valence electrons. The molecule has 3 N–H and O–H groups in total. The molecule has 0 saturated heterocycles. The Bertz CT molecular complexity index is 336. The molecule has 1 aromatic rings. The number of halogens is 2. The molecule has 0 aliphatic heterocycles. The molecule has 0 bridgehead atoms. The molecule has 0 heterocycles. The lowest BCUT2D eigenvalue weighted by Gasteiger charge is -2.06. The second kappa shape index (κ2) is 4.39. The number of carboxylic acids is 1. The fourth-order valence-corrected chi connectivity index (χ4v) is 1.31. The van der Waals surface area contributed by atoms with Crippen LogP contribution in [0.5, 0.6) is 0 Å². The normalized spacial score (nSPS) is 12.5. The first-order valence-electron chi connectivity index (χ1n) is 3.92. The number of benzene rings is 1. The zero-order valence-corrected chi connectivity index (χ0v) is 7.96. The van der Waals surface area contributed by atoms with Crippen molar-refractivity contribution >= 4 is 17.6 Å². The van der Waals surface area contributed by atoms with Crippen molar-refractivity contribution in [1.29, 1.82) is 0 Å². The summed E-state index contributed by atoms with van der Waals surface area (Å²) in [4.78, 5) is 10.4. The Hall–Kier alpha value is -1.13. The predicted octanol–water partition coefficient (Wildman–Crippen LogP) is 1.43. The summed E-state index contributed by atoms with van der Waals surface area (Å²) in [5, 5.41) is 8.76. The highest BCUT2D eigenvalue weighted by molar-refractivity contribution is 6.30. The third-order valence-electron chi connectivity index (χ3n) is 1.70. The lowest BCUT2D eigenvalue weighted by Crippen LogP contribution is -2.32. The van der Waals surface area contributed by atoms with Crippen molar-refractivity contribution in [1.82, 2.24) is 0 Å². The molecular weight excluding hydrogens is 209 g/mol. The lowest BCUT2D eigenvalue weighted by atomic mass is 10.1. The largest absolute Gasteiger partial charge is 0.480 e. The predicted molar refractivity (Wildman–Crippen MR) is 50.7 cm³/mol. The van der Waals surface area contributed by atoms with Crippen LogP contribution in [0.25, 0.3) is 0 Å². The zero-order chi connectivity index (χ0) is 10.7. The van der Waals surface area contributed by atoms with Crippen molar-refractivity contribution in [2.45, 2.75) is 12.5 Å². The second-order valence-corrected chi connectivity index (χ2v) is 3.36. The monoisotopic (exact) mass is 217 g/mol. The molecule has 0 aromatic heterocycles. The minimum atomic E-state index is -1.12. The van der Waals surface area contributed by atoms with Gasteiger partial charge in [0.25, 0.3) is 0 Å². The van der Waals surface area contributed by atoms with Crippen LogP contribution in [0.2, 0.25) is 5.02 Å². The van der Waals surface area contributed by atoms with Crippen LogP contribution in [-0.2, 0) is 11.2 Å². The van der Waals surface area contributed by atoms with Crippen molar-refractivity contribution in [3.63, 3.8) is 0 Å². The Kier molecular flexibility index (Phi) is 3.43. The molecule has 0 fully saturated rings. The van der Waals surface area contributed by atoms with Crippen molar-refractivity contribution in [3.8, 4) is 0 Å². The summed E-state index contributed by atoms with van der Waals surface area (Å²) < 4.78 is 12.8. The van der Waals surface area contributed by atoms with Gasteiger partial charge in [-0.25, -0.2) is 4.39 Å². The third kappa shape index (κ3) is 2.97. The summed E-state index contributed by atoms with van der Waals surface area (Å²) in [6, 6.07) is 2.83. The quantitative estimate of drug-likeness (QED) is 0.805. The summed E-state index contributed by atoms with van der Waals surface area (Å²) >= 11 is 5.58. The van der Waals surface area contributed by atoms with Crippen LogP contribution in [-0.4, -0.2) is 17.1 Å². The van der Waals surface area contributed by atoms with Gasteiger partial charge in [-0.15, -0.1) is 0 Å². The highest BCUT2D eigenvalue weighted by Crippen LogP contribution is 2.15. The van der Waals surface area contributed by atoms with Crippen LogP contribution in [0, 0.1) is 5.82 Å². The first kappa shape index (κ1) is 10.9. The first-order valence-corrected chi connectivity index (χ1v) is 4.30. The summed E-state index contributed by atoms with van der Waals surface area (Å²) in [6.45, 7) is 0. The molecular formula is C9H9ClFNO2. The van der Waals surface area contributed by atoms with Gasteiger partial charge in [0, 0.05) is 5.02 Å². The van der Waals surface area contributed by atoms with Crippen LogP contribution in [0.3, 0.4) is 0 Å². The number of carbonyl (C=O) groups is 1. The smallest absolute Gasteiger partial charge is 0.320 e. The van der Waals surface area contributed by atoms with Gasteiger partial charge in [0.15, 0.2) is 0 Å². The van der Waals surface area contributed by atoms with Crippen molar-refractivity contribution in [2.24, 2.45) is 5.73 Å². The molecule has 0 spiro atoms. The topological polar surface area (TPSA) is 63.3 Å². The van der Waals surface area contributed by atoms with E-state index in [1.165, 1.54) is 12.1 Å². The Morgan fingerprint density at radius 2 is 2.21 bits per heavy atom. The van der Waals surface area contributed by atoms with E-state index in [0.29, 0.717) is 5.56 Å². The second-order valence-electron chi connectivity index (χ2n) is 2.93. The summed E-state index contributed by atoms with van der Waals surface area (Å²) in [5.74, 6) is -1.62. The van der Waals surface area contributed by atoms with Crippen molar-refractivity contribution in [3.05, 3.63) is 34.6 Å². The highest BCUT2D eigenvalue weighted by Gasteiger charge is 2.12. The molecule has 0 aliphatic rings. The number of rotatable bonds is 3. The number of aliphatic carboxylic acids is 1.